The molecule has 1 aromatic carbocycles. The second-order valence-electron chi connectivity index (χ2n) is 4.83. The van der Waals surface area contributed by atoms with Crippen LogP contribution in [0, 0.1) is 5.92 Å². The van der Waals surface area contributed by atoms with Gasteiger partial charge in [0.2, 0.25) is 0 Å². The molecular formula is C16H23NO2. The first kappa shape index (κ1) is 13.8. The van der Waals surface area contributed by atoms with Gasteiger partial charge < -0.3 is 14.8 Å². The van der Waals surface area contributed by atoms with Crippen molar-refractivity contribution in [3.05, 3.63) is 30.4 Å². The van der Waals surface area contributed by atoms with E-state index in [-0.39, 0.29) is 0 Å². The Morgan fingerprint density at radius 3 is 2.84 bits per heavy atom. The maximum atomic E-state index is 5.52. The van der Waals surface area contributed by atoms with Crippen LogP contribution in [0.2, 0.25) is 0 Å². The summed E-state index contributed by atoms with van der Waals surface area (Å²) in [5, 5.41) is 3.49. The average molecular weight is 261 g/mol. The third-order valence-electron chi connectivity index (χ3n) is 3.44. The van der Waals surface area contributed by atoms with E-state index in [1.807, 2.05) is 25.1 Å². The maximum Gasteiger partial charge on any atom is 0.162 e. The Bertz CT molecular complexity index is 429. The molecule has 0 saturated carbocycles. The molecular weight excluding hydrogens is 238 g/mol. The SMILES string of the molecule is CCOc1ccc(NCC2CC=CCC2)cc1OC. The normalized spacial score (nSPS) is 18.1. The Balaban J connectivity index is 1.94. The van der Waals surface area contributed by atoms with E-state index in [2.05, 4.69) is 17.5 Å². The predicted octanol–water partition coefficient (Wildman–Crippen LogP) is 3.86. The number of anilines is 1. The first-order chi connectivity index (χ1) is 9.33. The molecule has 1 atom stereocenters. The minimum atomic E-state index is 0.650. The lowest BCUT2D eigenvalue weighted by molar-refractivity contribution is 0.311. The Kier molecular flexibility index (Phi) is 5.13. The van der Waals surface area contributed by atoms with E-state index in [4.69, 9.17) is 9.47 Å². The van der Waals surface area contributed by atoms with Crippen molar-refractivity contribution >= 4 is 5.69 Å². The molecule has 0 spiro atoms. The van der Waals surface area contributed by atoms with Gasteiger partial charge in [0.05, 0.1) is 13.7 Å². The van der Waals surface area contributed by atoms with E-state index in [0.717, 1.165) is 29.6 Å². The first-order valence-electron chi connectivity index (χ1n) is 7.03. The molecule has 1 unspecified atom stereocenters. The van der Waals surface area contributed by atoms with E-state index < -0.39 is 0 Å². The van der Waals surface area contributed by atoms with E-state index in [9.17, 15) is 0 Å². The summed E-state index contributed by atoms with van der Waals surface area (Å²) in [6.07, 6.45) is 8.23. The van der Waals surface area contributed by atoms with Crippen LogP contribution in [0.1, 0.15) is 26.2 Å². The van der Waals surface area contributed by atoms with Crippen molar-refractivity contribution in [2.24, 2.45) is 5.92 Å². The fraction of sp³-hybridized carbons (Fsp3) is 0.500. The van der Waals surface area contributed by atoms with Gasteiger partial charge in [0, 0.05) is 18.3 Å². The molecule has 1 N–H and O–H groups in total. The molecule has 0 radical (unpaired) electrons. The topological polar surface area (TPSA) is 30.5 Å². The number of hydrogen-bond donors (Lipinski definition) is 1. The highest BCUT2D eigenvalue weighted by Gasteiger charge is 2.10. The third-order valence-corrected chi connectivity index (χ3v) is 3.44. The van der Waals surface area contributed by atoms with Gasteiger partial charge in [0.25, 0.3) is 0 Å². The lowest BCUT2D eigenvalue weighted by atomic mass is 9.94. The predicted molar refractivity (Wildman–Crippen MR) is 79.1 cm³/mol. The standard InChI is InChI=1S/C16H23NO2/c1-3-19-15-10-9-14(11-16(15)18-2)17-12-13-7-5-4-6-8-13/h4-5,9-11,13,17H,3,6-8,12H2,1-2H3. The summed E-state index contributed by atoms with van der Waals surface area (Å²) in [5.74, 6) is 2.33. The first-order valence-corrected chi connectivity index (χ1v) is 7.03. The molecule has 2 rings (SSSR count). The zero-order chi connectivity index (χ0) is 13.5. The van der Waals surface area contributed by atoms with E-state index in [0.29, 0.717) is 6.61 Å². The molecule has 0 heterocycles. The number of rotatable bonds is 6. The Labute approximate surface area is 115 Å². The van der Waals surface area contributed by atoms with E-state index in [1.54, 1.807) is 7.11 Å². The molecule has 104 valence electrons. The summed E-state index contributed by atoms with van der Waals surface area (Å²) in [7, 11) is 1.67. The van der Waals surface area contributed by atoms with Gasteiger partial charge in [0.15, 0.2) is 11.5 Å². The summed E-state index contributed by atoms with van der Waals surface area (Å²) in [4.78, 5) is 0. The van der Waals surface area contributed by atoms with Gasteiger partial charge in [-0.05, 0) is 44.2 Å². The molecule has 19 heavy (non-hydrogen) atoms. The minimum Gasteiger partial charge on any atom is -0.493 e. The molecule has 0 aromatic heterocycles. The zero-order valence-corrected chi connectivity index (χ0v) is 11.8. The minimum absolute atomic E-state index is 0.650. The van der Waals surface area contributed by atoms with Crippen LogP contribution in [0.15, 0.2) is 30.4 Å². The third kappa shape index (κ3) is 3.91. The highest BCUT2D eigenvalue weighted by Crippen LogP contribution is 2.30. The van der Waals surface area contributed by atoms with Crippen molar-refractivity contribution in [2.75, 3.05) is 25.6 Å². The molecule has 1 aromatic rings. The lowest BCUT2D eigenvalue weighted by Crippen LogP contribution is -2.15. The fourth-order valence-corrected chi connectivity index (χ4v) is 2.36. The summed E-state index contributed by atoms with van der Waals surface area (Å²) >= 11 is 0. The maximum absolute atomic E-state index is 5.52. The smallest absolute Gasteiger partial charge is 0.162 e. The van der Waals surface area contributed by atoms with E-state index >= 15 is 0 Å². The van der Waals surface area contributed by atoms with Crippen molar-refractivity contribution in [3.8, 4) is 11.5 Å². The summed E-state index contributed by atoms with van der Waals surface area (Å²) < 4.78 is 10.9. The van der Waals surface area contributed by atoms with Gasteiger partial charge in [-0.25, -0.2) is 0 Å². The number of benzene rings is 1. The summed E-state index contributed by atoms with van der Waals surface area (Å²) in [5.41, 5.74) is 1.09. The Morgan fingerprint density at radius 1 is 1.26 bits per heavy atom. The van der Waals surface area contributed by atoms with Gasteiger partial charge in [0.1, 0.15) is 0 Å². The van der Waals surface area contributed by atoms with Crippen LogP contribution in [0.3, 0.4) is 0 Å². The molecule has 3 nitrogen and oxygen atoms in total. The molecule has 0 amide bonds. The molecule has 0 fully saturated rings. The van der Waals surface area contributed by atoms with Crippen molar-refractivity contribution in [2.45, 2.75) is 26.2 Å². The molecule has 0 saturated heterocycles. The monoisotopic (exact) mass is 261 g/mol. The number of ether oxygens (including phenoxy) is 2. The van der Waals surface area contributed by atoms with Crippen molar-refractivity contribution in [1.82, 2.24) is 0 Å². The fourth-order valence-electron chi connectivity index (χ4n) is 2.36. The second-order valence-corrected chi connectivity index (χ2v) is 4.83. The number of allylic oxidation sites excluding steroid dienone is 2. The molecule has 0 aliphatic heterocycles. The van der Waals surface area contributed by atoms with Crippen molar-refractivity contribution in [1.29, 1.82) is 0 Å². The lowest BCUT2D eigenvalue weighted by Gasteiger charge is -2.19. The number of methoxy groups -OCH3 is 1. The number of nitrogens with one attached hydrogen (secondary N) is 1. The summed E-state index contributed by atoms with van der Waals surface area (Å²) in [6.45, 7) is 3.64. The molecule has 3 heteroatoms. The highest BCUT2D eigenvalue weighted by molar-refractivity contribution is 5.54. The Hall–Kier alpha value is -1.64. The van der Waals surface area contributed by atoms with Gasteiger partial charge in [-0.3, -0.25) is 0 Å². The van der Waals surface area contributed by atoms with E-state index in [1.165, 1.54) is 19.3 Å². The van der Waals surface area contributed by atoms with Crippen molar-refractivity contribution < 1.29 is 9.47 Å². The molecule has 1 aliphatic carbocycles. The largest absolute Gasteiger partial charge is 0.493 e. The van der Waals surface area contributed by atoms with Gasteiger partial charge >= 0.3 is 0 Å². The van der Waals surface area contributed by atoms with Crippen LogP contribution in [0.5, 0.6) is 11.5 Å². The number of hydrogen-bond acceptors (Lipinski definition) is 3. The average Bonchev–Trinajstić information content (AvgIpc) is 2.47. The molecule has 1 aliphatic rings. The summed E-state index contributed by atoms with van der Waals surface area (Å²) in [6, 6.07) is 6.02. The Morgan fingerprint density at radius 2 is 2.16 bits per heavy atom. The van der Waals surface area contributed by atoms with Crippen LogP contribution >= 0.6 is 0 Å². The van der Waals surface area contributed by atoms with Crippen LogP contribution in [-0.2, 0) is 0 Å². The molecule has 0 bridgehead atoms. The van der Waals surface area contributed by atoms with Crippen LogP contribution in [0.25, 0.3) is 0 Å². The quantitative estimate of drug-likeness (QED) is 0.789. The van der Waals surface area contributed by atoms with Crippen LogP contribution in [0.4, 0.5) is 5.69 Å². The second kappa shape index (κ2) is 7.07. The van der Waals surface area contributed by atoms with Gasteiger partial charge in [-0.15, -0.1) is 0 Å². The van der Waals surface area contributed by atoms with Gasteiger partial charge in [-0.2, -0.15) is 0 Å². The van der Waals surface area contributed by atoms with Crippen LogP contribution < -0.4 is 14.8 Å². The highest BCUT2D eigenvalue weighted by atomic mass is 16.5. The van der Waals surface area contributed by atoms with Crippen LogP contribution in [-0.4, -0.2) is 20.3 Å². The zero-order valence-electron chi connectivity index (χ0n) is 11.8. The van der Waals surface area contributed by atoms with Crippen molar-refractivity contribution in [3.63, 3.8) is 0 Å². The van der Waals surface area contributed by atoms with Gasteiger partial charge in [-0.1, -0.05) is 12.2 Å².